The number of nitrogens with one attached hydrogen (secondary N) is 3. The van der Waals surface area contributed by atoms with Crippen LogP contribution in [0.25, 0.3) is 0 Å². The van der Waals surface area contributed by atoms with Crippen molar-refractivity contribution in [3.8, 4) is 0 Å². The first kappa shape index (κ1) is 24.8. The van der Waals surface area contributed by atoms with Gasteiger partial charge in [-0.1, -0.05) is 6.07 Å². The Morgan fingerprint density at radius 2 is 2.11 bits per heavy atom. The largest absolute Gasteiger partial charge is 0.450 e. The maximum absolute atomic E-state index is 13.5. The van der Waals surface area contributed by atoms with Crippen molar-refractivity contribution in [2.45, 2.75) is 38.1 Å². The summed E-state index contributed by atoms with van der Waals surface area (Å²) >= 11 is 1.66. The zero-order chi connectivity index (χ0) is 19.6. The van der Waals surface area contributed by atoms with Gasteiger partial charge in [-0.3, -0.25) is 4.99 Å². The Labute approximate surface area is 187 Å². The summed E-state index contributed by atoms with van der Waals surface area (Å²) in [5.41, 5.74) is 2.02. The summed E-state index contributed by atoms with van der Waals surface area (Å²) < 4.78 is 18.5. The molecule has 2 rings (SSSR count). The second-order valence-electron chi connectivity index (χ2n) is 6.46. The lowest BCUT2D eigenvalue weighted by Gasteiger charge is -2.20. The summed E-state index contributed by atoms with van der Waals surface area (Å²) in [4.78, 5) is 15.9. The van der Waals surface area contributed by atoms with Crippen LogP contribution in [0.2, 0.25) is 0 Å². The van der Waals surface area contributed by atoms with Crippen molar-refractivity contribution in [2.75, 3.05) is 26.5 Å². The molecule has 1 aromatic rings. The topological polar surface area (TPSA) is 74.8 Å². The Bertz CT molecular complexity index is 659. The minimum absolute atomic E-state index is 0. The summed E-state index contributed by atoms with van der Waals surface area (Å²) in [6.45, 7) is 3.27. The van der Waals surface area contributed by atoms with Gasteiger partial charge in [-0.2, -0.15) is 11.8 Å². The molecule has 0 radical (unpaired) electrons. The highest BCUT2D eigenvalue weighted by Gasteiger charge is 2.32. The van der Waals surface area contributed by atoms with E-state index in [9.17, 15) is 9.18 Å². The molecule has 6 nitrogen and oxygen atoms in total. The molecule has 3 N–H and O–H groups in total. The highest BCUT2D eigenvalue weighted by Crippen LogP contribution is 2.32. The molecule has 9 heteroatoms. The van der Waals surface area contributed by atoms with E-state index < -0.39 is 0 Å². The van der Waals surface area contributed by atoms with E-state index in [2.05, 4.69) is 20.9 Å². The van der Waals surface area contributed by atoms with Crippen LogP contribution >= 0.6 is 35.7 Å². The quantitative estimate of drug-likeness (QED) is 0.262. The van der Waals surface area contributed by atoms with Crippen LogP contribution in [0.5, 0.6) is 0 Å². The summed E-state index contributed by atoms with van der Waals surface area (Å²) in [6, 6.07) is 4.87. The number of guanidine groups is 1. The lowest BCUT2D eigenvalue weighted by Crippen LogP contribution is -2.48. The molecule has 0 bridgehead atoms. The zero-order valence-corrected chi connectivity index (χ0v) is 19.7. The number of hydrogen-bond donors (Lipinski definition) is 3. The second-order valence-corrected chi connectivity index (χ2v) is 7.33. The molecular formula is C19H30FIN4O2S. The van der Waals surface area contributed by atoms with Crippen molar-refractivity contribution >= 4 is 47.8 Å². The van der Waals surface area contributed by atoms with Gasteiger partial charge in [-0.05, 0) is 55.2 Å². The van der Waals surface area contributed by atoms with Crippen LogP contribution in [0.4, 0.5) is 9.18 Å². The number of amides is 1. The predicted octanol–water partition coefficient (Wildman–Crippen LogP) is 3.50. The first-order chi connectivity index (χ1) is 13.1. The highest BCUT2D eigenvalue weighted by molar-refractivity contribution is 14.0. The Balaban J connectivity index is 0.00000392. The molecule has 0 heterocycles. The molecule has 1 atom stereocenters. The summed E-state index contributed by atoms with van der Waals surface area (Å²) in [5.74, 6) is 1.66. The summed E-state index contributed by atoms with van der Waals surface area (Å²) in [5, 5.41) is 9.44. The van der Waals surface area contributed by atoms with Crippen molar-refractivity contribution in [1.82, 2.24) is 16.0 Å². The third-order valence-electron chi connectivity index (χ3n) is 4.40. The van der Waals surface area contributed by atoms with Gasteiger partial charge in [0.25, 0.3) is 0 Å². The SMILES string of the molecule is CCOC(=O)NC(CNC(=NC)NCc1ccc(F)cc1CSC)C1CC1.I. The van der Waals surface area contributed by atoms with Gasteiger partial charge in [-0.15, -0.1) is 24.0 Å². The zero-order valence-electron chi connectivity index (χ0n) is 16.6. The molecule has 1 amide bonds. The second kappa shape index (κ2) is 13.1. The number of rotatable bonds is 9. The molecule has 28 heavy (non-hydrogen) atoms. The van der Waals surface area contributed by atoms with E-state index in [1.54, 1.807) is 37.9 Å². The van der Waals surface area contributed by atoms with E-state index in [1.807, 2.05) is 6.26 Å². The molecule has 1 aliphatic carbocycles. The van der Waals surface area contributed by atoms with Crippen molar-refractivity contribution in [2.24, 2.45) is 10.9 Å². The number of nitrogens with zero attached hydrogens (tertiary/aromatic N) is 1. The molecular weight excluding hydrogens is 494 g/mol. The maximum atomic E-state index is 13.5. The highest BCUT2D eigenvalue weighted by atomic mass is 127. The molecule has 1 aromatic carbocycles. The van der Waals surface area contributed by atoms with Crippen molar-refractivity contribution in [3.05, 3.63) is 35.1 Å². The lowest BCUT2D eigenvalue weighted by atomic mass is 10.1. The Kier molecular flexibility index (Phi) is 11.6. The average molecular weight is 524 g/mol. The Morgan fingerprint density at radius 1 is 1.36 bits per heavy atom. The fourth-order valence-electron chi connectivity index (χ4n) is 2.82. The van der Waals surface area contributed by atoms with Crippen LogP contribution in [0, 0.1) is 11.7 Å². The fourth-order valence-corrected chi connectivity index (χ4v) is 3.40. The Morgan fingerprint density at radius 3 is 2.71 bits per heavy atom. The number of thioether (sulfide) groups is 1. The number of hydrogen-bond acceptors (Lipinski definition) is 4. The minimum Gasteiger partial charge on any atom is -0.450 e. The van der Waals surface area contributed by atoms with Gasteiger partial charge >= 0.3 is 6.09 Å². The summed E-state index contributed by atoms with van der Waals surface area (Å²) in [6.07, 6.45) is 3.83. The van der Waals surface area contributed by atoms with E-state index in [0.29, 0.717) is 31.6 Å². The molecule has 1 unspecified atom stereocenters. The maximum Gasteiger partial charge on any atom is 0.407 e. The standard InChI is InChI=1S/C19H29FN4O2S.HI/c1-4-26-19(25)24-17(13-5-6-13)11-23-18(21-2)22-10-14-7-8-16(20)9-15(14)12-27-3;/h7-9,13,17H,4-6,10-12H2,1-3H3,(H,24,25)(H2,21,22,23);1H. The molecule has 1 saturated carbocycles. The number of carbonyl (C=O) groups is 1. The third-order valence-corrected chi connectivity index (χ3v) is 5.00. The fraction of sp³-hybridized carbons (Fsp3) is 0.579. The van der Waals surface area contributed by atoms with Crippen LogP contribution in [0.3, 0.4) is 0 Å². The van der Waals surface area contributed by atoms with Crippen molar-refractivity contribution < 1.29 is 13.9 Å². The van der Waals surface area contributed by atoms with Crippen LogP contribution in [0.1, 0.15) is 30.9 Å². The van der Waals surface area contributed by atoms with E-state index in [1.165, 1.54) is 6.07 Å². The number of ether oxygens (including phenoxy) is 1. The number of halogens is 2. The van der Waals surface area contributed by atoms with Gasteiger partial charge in [0.15, 0.2) is 5.96 Å². The monoisotopic (exact) mass is 524 g/mol. The molecule has 0 aliphatic heterocycles. The molecule has 1 fully saturated rings. The number of carbonyl (C=O) groups excluding carboxylic acids is 1. The van der Waals surface area contributed by atoms with Gasteiger partial charge in [0.2, 0.25) is 0 Å². The Hall–Kier alpha value is -1.23. The van der Waals surface area contributed by atoms with Crippen LogP contribution in [-0.4, -0.2) is 44.5 Å². The first-order valence-electron chi connectivity index (χ1n) is 9.21. The van der Waals surface area contributed by atoms with Crippen molar-refractivity contribution in [1.29, 1.82) is 0 Å². The molecule has 1 aliphatic rings. The number of aliphatic imine (C=N–C) groups is 1. The van der Waals surface area contributed by atoms with Crippen LogP contribution in [-0.2, 0) is 17.0 Å². The van der Waals surface area contributed by atoms with E-state index >= 15 is 0 Å². The van der Waals surface area contributed by atoms with Crippen molar-refractivity contribution in [3.63, 3.8) is 0 Å². The normalized spacial score (nSPS) is 14.6. The van der Waals surface area contributed by atoms with E-state index in [-0.39, 0.29) is 41.9 Å². The van der Waals surface area contributed by atoms with Crippen LogP contribution in [0.15, 0.2) is 23.2 Å². The van der Waals surface area contributed by atoms with Gasteiger partial charge in [0.05, 0.1) is 12.6 Å². The molecule has 0 aromatic heterocycles. The first-order valence-corrected chi connectivity index (χ1v) is 10.6. The molecule has 0 saturated heterocycles. The smallest absolute Gasteiger partial charge is 0.407 e. The molecule has 0 spiro atoms. The third kappa shape index (κ3) is 8.42. The minimum atomic E-state index is -0.382. The number of alkyl carbamates (subject to hydrolysis) is 1. The number of benzene rings is 1. The van der Waals surface area contributed by atoms with Gasteiger partial charge in [0, 0.05) is 25.9 Å². The summed E-state index contributed by atoms with van der Waals surface area (Å²) in [7, 11) is 1.70. The van der Waals surface area contributed by atoms with Crippen LogP contribution < -0.4 is 16.0 Å². The van der Waals surface area contributed by atoms with E-state index in [4.69, 9.17) is 4.74 Å². The molecule has 158 valence electrons. The van der Waals surface area contributed by atoms with E-state index in [0.717, 1.165) is 29.7 Å². The lowest BCUT2D eigenvalue weighted by molar-refractivity contribution is 0.146. The van der Waals surface area contributed by atoms with Gasteiger partial charge < -0.3 is 20.7 Å². The average Bonchev–Trinajstić information content (AvgIpc) is 3.47. The van der Waals surface area contributed by atoms with Gasteiger partial charge in [-0.25, -0.2) is 9.18 Å². The van der Waals surface area contributed by atoms with Gasteiger partial charge in [0.1, 0.15) is 5.82 Å². The predicted molar refractivity (Wildman–Crippen MR) is 124 cm³/mol.